The van der Waals surface area contributed by atoms with Crippen LogP contribution in [0.25, 0.3) is 0 Å². The van der Waals surface area contributed by atoms with Gasteiger partial charge in [-0.3, -0.25) is 0 Å². The van der Waals surface area contributed by atoms with E-state index in [0.717, 1.165) is 20.4 Å². The van der Waals surface area contributed by atoms with Crippen molar-refractivity contribution < 1.29 is 4.39 Å². The lowest BCUT2D eigenvalue weighted by Gasteiger charge is -2.17. The molecule has 0 saturated heterocycles. The molecule has 0 radical (unpaired) electrons. The molecule has 5 heteroatoms. The van der Waals surface area contributed by atoms with Crippen LogP contribution in [0.3, 0.4) is 0 Å². The summed E-state index contributed by atoms with van der Waals surface area (Å²) in [6.07, 6.45) is 0.652. The van der Waals surface area contributed by atoms with E-state index in [9.17, 15) is 4.39 Å². The third kappa shape index (κ3) is 3.91. The van der Waals surface area contributed by atoms with Gasteiger partial charge in [-0.2, -0.15) is 0 Å². The van der Waals surface area contributed by atoms with Crippen LogP contribution in [0.5, 0.6) is 0 Å². The fourth-order valence-electron chi connectivity index (χ4n) is 2.08. The van der Waals surface area contributed by atoms with Crippen LogP contribution in [0.15, 0.2) is 32.5 Å². The molecule has 2 rings (SSSR count). The van der Waals surface area contributed by atoms with Gasteiger partial charge in [-0.05, 0) is 65.1 Å². The van der Waals surface area contributed by atoms with Gasteiger partial charge in [0, 0.05) is 15.4 Å². The summed E-state index contributed by atoms with van der Waals surface area (Å²) in [6.45, 7) is 5.01. The smallest absolute Gasteiger partial charge is 0.127 e. The van der Waals surface area contributed by atoms with Crippen molar-refractivity contribution >= 4 is 43.2 Å². The molecule has 1 heterocycles. The lowest BCUT2D eigenvalue weighted by Crippen LogP contribution is -2.22. The van der Waals surface area contributed by atoms with Gasteiger partial charge in [0.05, 0.1) is 3.79 Å². The Morgan fingerprint density at radius 1 is 1.30 bits per heavy atom. The van der Waals surface area contributed by atoms with Crippen molar-refractivity contribution in [2.24, 2.45) is 0 Å². The summed E-state index contributed by atoms with van der Waals surface area (Å²) >= 11 is 8.56. The van der Waals surface area contributed by atoms with E-state index in [0.29, 0.717) is 6.42 Å². The molecule has 20 heavy (non-hydrogen) atoms. The van der Waals surface area contributed by atoms with Crippen LogP contribution in [0.4, 0.5) is 4.39 Å². The molecule has 0 bridgehead atoms. The Kier molecular flexibility index (Phi) is 5.78. The second-order valence-electron chi connectivity index (χ2n) is 4.66. The normalized spacial score (nSPS) is 12.7. The zero-order valence-electron chi connectivity index (χ0n) is 11.3. The molecule has 0 saturated carbocycles. The molecule has 0 aliphatic rings. The first-order chi connectivity index (χ1) is 9.51. The van der Waals surface area contributed by atoms with Crippen LogP contribution < -0.4 is 5.32 Å². The van der Waals surface area contributed by atoms with Crippen molar-refractivity contribution in [2.75, 3.05) is 6.54 Å². The molecule has 0 spiro atoms. The molecule has 1 aromatic heterocycles. The molecule has 0 aliphatic heterocycles. The molecule has 1 nitrogen and oxygen atoms in total. The van der Waals surface area contributed by atoms with Crippen molar-refractivity contribution in [2.45, 2.75) is 26.3 Å². The predicted molar refractivity (Wildman–Crippen MR) is 91.0 cm³/mol. The van der Waals surface area contributed by atoms with E-state index >= 15 is 0 Å². The van der Waals surface area contributed by atoms with Crippen molar-refractivity contribution in [1.29, 1.82) is 0 Å². The highest BCUT2D eigenvalue weighted by Crippen LogP contribution is 2.33. The number of aryl methyl sites for hydroxylation is 1. The van der Waals surface area contributed by atoms with Gasteiger partial charge in [-0.1, -0.05) is 28.9 Å². The largest absolute Gasteiger partial charge is 0.309 e. The fraction of sp³-hybridized carbons (Fsp3) is 0.333. The molecule has 0 aliphatic carbocycles. The zero-order chi connectivity index (χ0) is 14.7. The number of nitrogens with one attached hydrogen (secondary N) is 1. The molecule has 1 aromatic carbocycles. The quantitative estimate of drug-likeness (QED) is 0.662. The van der Waals surface area contributed by atoms with Crippen molar-refractivity contribution in [3.05, 3.63) is 54.3 Å². The number of hydrogen-bond acceptors (Lipinski definition) is 2. The third-order valence-corrected chi connectivity index (χ3v) is 5.85. The molecule has 108 valence electrons. The maximum absolute atomic E-state index is 14.0. The minimum absolute atomic E-state index is 0.144. The summed E-state index contributed by atoms with van der Waals surface area (Å²) in [7, 11) is 0. The van der Waals surface area contributed by atoms with Crippen molar-refractivity contribution in [3.8, 4) is 0 Å². The Morgan fingerprint density at radius 3 is 2.60 bits per heavy atom. The van der Waals surface area contributed by atoms with E-state index in [4.69, 9.17) is 0 Å². The summed E-state index contributed by atoms with van der Waals surface area (Å²) in [4.78, 5) is 1.23. The van der Waals surface area contributed by atoms with E-state index in [1.807, 2.05) is 12.1 Å². The second kappa shape index (κ2) is 7.16. The Labute approximate surface area is 139 Å². The van der Waals surface area contributed by atoms with E-state index in [1.165, 1.54) is 16.5 Å². The average molecular weight is 421 g/mol. The number of hydrogen-bond donors (Lipinski definition) is 1. The number of thiophene rings is 1. The van der Waals surface area contributed by atoms with Crippen LogP contribution in [-0.4, -0.2) is 6.54 Å². The Bertz CT molecular complexity index is 578. The Balaban J connectivity index is 2.25. The van der Waals surface area contributed by atoms with Gasteiger partial charge in [-0.25, -0.2) is 4.39 Å². The highest BCUT2D eigenvalue weighted by molar-refractivity contribution is 9.11. The predicted octanol–water partition coefficient (Wildman–Crippen LogP) is 5.61. The van der Waals surface area contributed by atoms with Crippen LogP contribution >= 0.6 is 43.2 Å². The second-order valence-corrected chi connectivity index (χ2v) is 7.97. The van der Waals surface area contributed by atoms with Gasteiger partial charge < -0.3 is 5.32 Å². The highest BCUT2D eigenvalue weighted by atomic mass is 79.9. The number of halogens is 3. The van der Waals surface area contributed by atoms with Gasteiger partial charge in [-0.15, -0.1) is 11.3 Å². The summed E-state index contributed by atoms with van der Waals surface area (Å²) in [6, 6.07) is 7.56. The van der Waals surface area contributed by atoms with Crippen molar-refractivity contribution in [1.82, 2.24) is 5.32 Å². The fourth-order valence-corrected chi connectivity index (χ4v) is 4.06. The van der Waals surface area contributed by atoms with Crippen molar-refractivity contribution in [3.63, 3.8) is 0 Å². The van der Waals surface area contributed by atoms with Gasteiger partial charge in [0.25, 0.3) is 0 Å². The Morgan fingerprint density at radius 2 is 2.05 bits per heavy atom. The van der Waals surface area contributed by atoms with E-state index < -0.39 is 0 Å². The molecule has 2 aromatic rings. The van der Waals surface area contributed by atoms with Crippen LogP contribution in [0.1, 0.15) is 29.0 Å². The maximum Gasteiger partial charge on any atom is 0.127 e. The number of rotatable bonds is 5. The maximum atomic E-state index is 14.0. The first-order valence-corrected chi connectivity index (χ1v) is 8.84. The van der Waals surface area contributed by atoms with Gasteiger partial charge in [0.15, 0.2) is 0 Å². The molecule has 1 atom stereocenters. The van der Waals surface area contributed by atoms with Crippen LogP contribution in [-0.2, 0) is 6.42 Å². The molecule has 1 unspecified atom stereocenters. The van der Waals surface area contributed by atoms with E-state index in [-0.39, 0.29) is 11.9 Å². The molecule has 0 amide bonds. The molecule has 1 N–H and O–H groups in total. The number of likely N-dealkylation sites (N-methyl/N-ethyl adjacent to an activating group) is 1. The third-order valence-electron chi connectivity index (χ3n) is 3.11. The monoisotopic (exact) mass is 419 g/mol. The average Bonchev–Trinajstić information content (AvgIpc) is 2.72. The minimum Gasteiger partial charge on any atom is -0.309 e. The van der Waals surface area contributed by atoms with Gasteiger partial charge in [0.2, 0.25) is 0 Å². The summed E-state index contributed by atoms with van der Waals surface area (Å²) in [5, 5.41) is 3.44. The first-order valence-electron chi connectivity index (χ1n) is 6.44. The lowest BCUT2D eigenvalue weighted by molar-refractivity contribution is 0.534. The topological polar surface area (TPSA) is 12.0 Å². The summed E-state index contributed by atoms with van der Waals surface area (Å²) in [5.74, 6) is -0.158. The summed E-state index contributed by atoms with van der Waals surface area (Å²) in [5.41, 5.74) is 1.96. The summed E-state index contributed by atoms with van der Waals surface area (Å²) < 4.78 is 15.9. The van der Waals surface area contributed by atoms with Gasteiger partial charge in [0.1, 0.15) is 5.82 Å². The van der Waals surface area contributed by atoms with Crippen LogP contribution in [0, 0.1) is 12.7 Å². The Hall–Kier alpha value is -0.230. The molecular weight excluding hydrogens is 405 g/mol. The molecular formula is C15H16Br2FNS. The highest BCUT2D eigenvalue weighted by Gasteiger charge is 2.17. The number of benzene rings is 1. The zero-order valence-corrected chi connectivity index (χ0v) is 15.3. The van der Waals surface area contributed by atoms with E-state index in [1.54, 1.807) is 11.3 Å². The van der Waals surface area contributed by atoms with Gasteiger partial charge >= 0.3 is 0 Å². The lowest BCUT2D eigenvalue weighted by atomic mass is 10.0. The van der Waals surface area contributed by atoms with E-state index in [2.05, 4.69) is 57.1 Å². The first kappa shape index (κ1) is 16.1. The minimum atomic E-state index is -0.158. The standard InChI is InChI=1S/C15H16Br2FNS/c1-3-19-13(14-6-9(2)15(17)20-14)7-10-4-5-11(16)8-12(10)18/h4-6,8,13,19H,3,7H2,1-2H3. The molecule has 0 fully saturated rings. The SMILES string of the molecule is CCNC(Cc1ccc(Br)cc1F)c1cc(C)c(Br)s1. The van der Waals surface area contributed by atoms with Crippen LogP contribution in [0.2, 0.25) is 0 Å².